The van der Waals surface area contributed by atoms with Gasteiger partial charge in [-0.1, -0.05) is 0 Å². The predicted octanol–water partition coefficient (Wildman–Crippen LogP) is -0.257. The summed E-state index contributed by atoms with van der Waals surface area (Å²) >= 11 is 0. The molecule has 2 N–H and O–H groups in total. The van der Waals surface area contributed by atoms with Crippen molar-refractivity contribution in [3.63, 3.8) is 0 Å². The van der Waals surface area contributed by atoms with Crippen molar-refractivity contribution in [2.24, 2.45) is 0 Å². The number of nitrogens with one attached hydrogen (secondary N) is 1. The van der Waals surface area contributed by atoms with Gasteiger partial charge in [-0.3, -0.25) is 14.3 Å². The highest BCUT2D eigenvalue weighted by molar-refractivity contribution is 7.80. The van der Waals surface area contributed by atoms with Crippen LogP contribution in [0.25, 0.3) is 0 Å². The average Bonchev–Trinajstić information content (AvgIpc) is 2.79. The summed E-state index contributed by atoms with van der Waals surface area (Å²) in [4.78, 5) is 29.8. The second kappa shape index (κ2) is 6.94. The third-order valence-corrected chi connectivity index (χ3v) is 4.61. The van der Waals surface area contributed by atoms with Crippen molar-refractivity contribution in [3.05, 3.63) is 30.1 Å². The van der Waals surface area contributed by atoms with Crippen LogP contribution in [0, 0.1) is 0 Å². The van der Waals surface area contributed by atoms with Crippen LogP contribution in [0.15, 0.2) is 24.5 Å². The fraction of sp³-hybridized carbons (Fsp3) is 0.500. The van der Waals surface area contributed by atoms with Gasteiger partial charge >= 0.3 is 16.4 Å². The topological polar surface area (TPSA) is 129 Å². The van der Waals surface area contributed by atoms with Gasteiger partial charge in [0, 0.05) is 25.5 Å². The Hall–Kier alpha value is -2.24. The fourth-order valence-electron chi connectivity index (χ4n) is 3.10. The van der Waals surface area contributed by atoms with Crippen LogP contribution in [0.4, 0.5) is 4.79 Å². The lowest BCUT2D eigenvalue weighted by Gasteiger charge is -2.29. The summed E-state index contributed by atoms with van der Waals surface area (Å²) in [6.07, 6.45) is 4.77. The van der Waals surface area contributed by atoms with Crippen molar-refractivity contribution >= 4 is 22.3 Å². The molecule has 2 atom stereocenters. The zero-order chi connectivity index (χ0) is 18.0. The number of amides is 3. The Labute approximate surface area is 144 Å². The molecule has 0 radical (unpaired) electrons. The molecular weight excluding hydrogens is 352 g/mol. The van der Waals surface area contributed by atoms with Crippen LogP contribution in [-0.2, 0) is 25.9 Å². The van der Waals surface area contributed by atoms with Crippen LogP contribution in [0.1, 0.15) is 18.4 Å². The number of hydroxylamine groups is 2. The van der Waals surface area contributed by atoms with E-state index in [9.17, 15) is 18.0 Å². The van der Waals surface area contributed by atoms with Crippen molar-refractivity contribution < 1.29 is 26.8 Å². The zero-order valence-electron chi connectivity index (χ0n) is 13.2. The van der Waals surface area contributed by atoms with Crippen LogP contribution in [0.5, 0.6) is 0 Å². The molecular formula is C14H18N4O6S. The first-order chi connectivity index (χ1) is 11.8. The molecule has 0 aliphatic carbocycles. The number of rotatable bonds is 6. The van der Waals surface area contributed by atoms with Crippen molar-refractivity contribution in [1.82, 2.24) is 20.3 Å². The zero-order valence-corrected chi connectivity index (χ0v) is 14.1. The number of aromatic nitrogens is 1. The summed E-state index contributed by atoms with van der Waals surface area (Å²) in [6.45, 7) is 0.590. The minimum atomic E-state index is -4.79. The molecule has 11 heteroatoms. The molecule has 1 aromatic rings. The fourth-order valence-corrected chi connectivity index (χ4v) is 3.49. The molecule has 3 rings (SSSR count). The van der Waals surface area contributed by atoms with Crippen LogP contribution in [0.2, 0.25) is 0 Å². The molecule has 2 saturated heterocycles. The van der Waals surface area contributed by atoms with Crippen molar-refractivity contribution in [2.75, 3.05) is 13.1 Å². The van der Waals surface area contributed by atoms with Crippen molar-refractivity contribution in [2.45, 2.75) is 31.3 Å². The summed E-state index contributed by atoms with van der Waals surface area (Å²) in [5.74, 6) is -0.297. The number of carbonyl (C=O) groups excluding carboxylic acids is 2. The molecule has 2 aliphatic heterocycles. The summed E-state index contributed by atoms with van der Waals surface area (Å²) in [6, 6.07) is 1.78. The van der Waals surface area contributed by atoms with Gasteiger partial charge in [-0.25, -0.2) is 4.79 Å². The summed E-state index contributed by atoms with van der Waals surface area (Å²) in [5.41, 5.74) is 1.03. The lowest BCUT2D eigenvalue weighted by Crippen LogP contribution is -2.50. The Morgan fingerprint density at radius 2 is 2.08 bits per heavy atom. The molecule has 0 saturated carbocycles. The van der Waals surface area contributed by atoms with E-state index >= 15 is 0 Å². The van der Waals surface area contributed by atoms with E-state index in [2.05, 4.69) is 14.6 Å². The number of nitrogens with zero attached hydrogens (tertiary/aromatic N) is 3. The quantitative estimate of drug-likeness (QED) is 0.660. The minimum Gasteiger partial charge on any atom is -0.354 e. The molecule has 2 fully saturated rings. The maximum Gasteiger partial charge on any atom is 0.418 e. The second-order valence-electron chi connectivity index (χ2n) is 5.91. The lowest BCUT2D eigenvalue weighted by molar-refractivity contribution is -0.126. The molecule has 136 valence electrons. The Balaban J connectivity index is 1.57. The highest BCUT2D eigenvalue weighted by Crippen LogP contribution is 2.30. The highest BCUT2D eigenvalue weighted by Gasteiger charge is 2.49. The Morgan fingerprint density at radius 1 is 1.36 bits per heavy atom. The molecule has 2 bridgehead atoms. The normalized spacial score (nSPS) is 23.0. The van der Waals surface area contributed by atoms with E-state index in [0.29, 0.717) is 30.9 Å². The Kier molecular flexibility index (Phi) is 4.88. The lowest BCUT2D eigenvalue weighted by atomic mass is 10.0. The number of fused-ring (bicyclic) bond motifs is 2. The number of carbonyl (C=O) groups is 2. The van der Waals surface area contributed by atoms with E-state index in [1.54, 1.807) is 12.4 Å². The third-order valence-electron chi connectivity index (χ3n) is 4.26. The molecule has 1 aromatic heterocycles. The number of hydrogen-bond acceptors (Lipinski definition) is 6. The van der Waals surface area contributed by atoms with Gasteiger partial charge in [0.15, 0.2) is 0 Å². The average molecular weight is 370 g/mol. The maximum absolute atomic E-state index is 12.4. The van der Waals surface area contributed by atoms with Crippen LogP contribution in [-0.4, -0.2) is 65.0 Å². The molecule has 10 nitrogen and oxygen atoms in total. The van der Waals surface area contributed by atoms with Gasteiger partial charge in [-0.15, -0.1) is 4.28 Å². The van der Waals surface area contributed by atoms with Gasteiger partial charge in [0.2, 0.25) is 5.91 Å². The summed E-state index contributed by atoms with van der Waals surface area (Å²) < 4.78 is 34.8. The molecule has 3 amide bonds. The van der Waals surface area contributed by atoms with Gasteiger partial charge in [0.1, 0.15) is 6.04 Å². The van der Waals surface area contributed by atoms with E-state index in [1.807, 2.05) is 12.1 Å². The minimum absolute atomic E-state index is 0.177. The predicted molar refractivity (Wildman–Crippen MR) is 84.3 cm³/mol. The monoisotopic (exact) mass is 370 g/mol. The van der Waals surface area contributed by atoms with Gasteiger partial charge in [0.05, 0.1) is 6.04 Å². The molecule has 0 spiro atoms. The maximum atomic E-state index is 12.4. The Morgan fingerprint density at radius 3 is 2.76 bits per heavy atom. The van der Waals surface area contributed by atoms with E-state index in [1.165, 1.54) is 4.90 Å². The number of hydrogen-bond donors (Lipinski definition) is 2. The van der Waals surface area contributed by atoms with Gasteiger partial charge in [-0.05, 0) is 37.0 Å². The van der Waals surface area contributed by atoms with Crippen LogP contribution >= 0.6 is 0 Å². The van der Waals surface area contributed by atoms with E-state index in [0.717, 1.165) is 5.56 Å². The summed E-state index contributed by atoms with van der Waals surface area (Å²) in [5, 5.41) is 3.41. The number of urea groups is 1. The van der Waals surface area contributed by atoms with Gasteiger partial charge in [-0.2, -0.15) is 13.5 Å². The SMILES string of the molecule is O=C(NCCc1ccncc1)C1CC[C@@H]2CN1C(=O)N2OS(=O)(=O)O. The van der Waals surface area contributed by atoms with Crippen molar-refractivity contribution in [1.29, 1.82) is 0 Å². The van der Waals surface area contributed by atoms with E-state index in [4.69, 9.17) is 4.55 Å². The van der Waals surface area contributed by atoms with Gasteiger partial charge in [0.25, 0.3) is 0 Å². The number of piperidine rings is 1. The molecule has 25 heavy (non-hydrogen) atoms. The second-order valence-corrected chi connectivity index (χ2v) is 6.91. The highest BCUT2D eigenvalue weighted by atomic mass is 32.3. The largest absolute Gasteiger partial charge is 0.418 e. The van der Waals surface area contributed by atoms with E-state index in [-0.39, 0.29) is 12.5 Å². The Bertz CT molecular complexity index is 756. The number of pyridine rings is 1. The molecule has 3 heterocycles. The summed E-state index contributed by atoms with van der Waals surface area (Å²) in [7, 11) is -4.79. The smallest absolute Gasteiger partial charge is 0.354 e. The molecule has 1 unspecified atom stereocenters. The van der Waals surface area contributed by atoms with Gasteiger partial charge < -0.3 is 10.2 Å². The first-order valence-corrected chi connectivity index (χ1v) is 9.15. The third kappa shape index (κ3) is 4.06. The van der Waals surface area contributed by atoms with Crippen LogP contribution in [0.3, 0.4) is 0 Å². The first kappa shape index (κ1) is 17.6. The standard InChI is InChI=1S/C14H18N4O6S/c19-13(16-8-5-10-3-6-15-7-4-10)12-2-1-11-9-17(12)14(20)18(11)24-25(21,22)23/h3-4,6-7,11-12H,1-2,5,8-9H2,(H,16,19)(H,21,22,23)/t11-,12?/m1/s1. The molecule has 0 aromatic carbocycles. The van der Waals surface area contributed by atoms with Crippen molar-refractivity contribution in [3.8, 4) is 0 Å². The first-order valence-electron chi connectivity index (χ1n) is 7.78. The van der Waals surface area contributed by atoms with Crippen LogP contribution < -0.4 is 5.32 Å². The molecule has 2 aliphatic rings. The van der Waals surface area contributed by atoms with E-state index < -0.39 is 28.5 Å².